The molecule has 7 atom stereocenters. The molecule has 0 saturated carbocycles. The van der Waals surface area contributed by atoms with E-state index in [1.54, 1.807) is 36.1 Å². The second-order valence-electron chi connectivity index (χ2n) is 12.7. The van der Waals surface area contributed by atoms with Crippen LogP contribution in [0.5, 0.6) is 0 Å². The first kappa shape index (κ1) is 32.9. The minimum Gasteiger partial charge on any atom is -0.455 e. The van der Waals surface area contributed by atoms with Crippen molar-refractivity contribution in [1.82, 2.24) is 10.2 Å². The highest BCUT2D eigenvalue weighted by molar-refractivity contribution is 6.34. The molecule has 2 aromatic carbocycles. The van der Waals surface area contributed by atoms with E-state index >= 15 is 0 Å². The summed E-state index contributed by atoms with van der Waals surface area (Å²) in [7, 11) is 0. The van der Waals surface area contributed by atoms with Crippen molar-refractivity contribution in [2.24, 2.45) is 11.8 Å². The van der Waals surface area contributed by atoms with E-state index in [1.807, 2.05) is 55.5 Å². The Morgan fingerprint density at radius 3 is 2.55 bits per heavy atom. The SMILES string of the molecule is Cc1cccc(Cl)c1N1C/C=C\CCC(=O)N[C@H](C)[C@@H](c2ccccc2)OC(=O)[C@@H]2[C@@H]3C=C[C@]4(O3)[C@H](C1=O)N(CCCCO)C(=O)[C@@H]24. The summed E-state index contributed by atoms with van der Waals surface area (Å²) in [5.41, 5.74) is 0.566. The lowest BCUT2D eigenvalue weighted by atomic mass is 9.74. The lowest BCUT2D eigenvalue weighted by molar-refractivity contribution is -0.161. The van der Waals surface area contributed by atoms with Gasteiger partial charge in [-0.25, -0.2) is 0 Å². The number of allylic oxidation sites excluding steroid dienone is 1. The molecule has 2 fully saturated rings. The Bertz CT molecular complexity index is 1580. The number of hydrogen-bond acceptors (Lipinski definition) is 7. The topological polar surface area (TPSA) is 125 Å². The summed E-state index contributed by atoms with van der Waals surface area (Å²) in [6.07, 6.45) is 7.06. The molecule has 248 valence electrons. The van der Waals surface area contributed by atoms with Crippen molar-refractivity contribution < 1.29 is 33.8 Å². The molecule has 10 nitrogen and oxygen atoms in total. The van der Waals surface area contributed by atoms with E-state index in [0.717, 1.165) is 5.56 Å². The molecule has 0 aromatic heterocycles. The van der Waals surface area contributed by atoms with Crippen LogP contribution in [0, 0.1) is 18.8 Å². The van der Waals surface area contributed by atoms with Gasteiger partial charge in [0, 0.05) is 26.1 Å². The number of benzene rings is 2. The van der Waals surface area contributed by atoms with Crippen LogP contribution in [0.15, 0.2) is 72.8 Å². The molecule has 47 heavy (non-hydrogen) atoms. The summed E-state index contributed by atoms with van der Waals surface area (Å²) in [6, 6.07) is 12.9. The molecule has 3 amide bonds. The molecule has 2 aromatic rings. The molecule has 0 unspecified atom stereocenters. The molecule has 4 aliphatic rings. The fourth-order valence-electron chi connectivity index (χ4n) is 7.47. The number of amides is 3. The Hall–Kier alpha value is -3.99. The van der Waals surface area contributed by atoms with Gasteiger partial charge in [0.05, 0.1) is 28.8 Å². The molecule has 2 saturated heterocycles. The summed E-state index contributed by atoms with van der Waals surface area (Å²) < 4.78 is 12.7. The minimum atomic E-state index is -1.41. The maximum atomic E-state index is 14.9. The van der Waals surface area contributed by atoms with Crippen molar-refractivity contribution >= 4 is 41.0 Å². The van der Waals surface area contributed by atoms with Crippen molar-refractivity contribution in [3.8, 4) is 0 Å². The summed E-state index contributed by atoms with van der Waals surface area (Å²) in [5.74, 6) is -3.64. The molecule has 5 bridgehead atoms. The van der Waals surface area contributed by atoms with Gasteiger partial charge >= 0.3 is 5.97 Å². The van der Waals surface area contributed by atoms with Crippen molar-refractivity contribution in [2.45, 2.75) is 69.4 Å². The summed E-state index contributed by atoms with van der Waals surface area (Å²) in [4.78, 5) is 59.6. The van der Waals surface area contributed by atoms with Crippen molar-refractivity contribution in [1.29, 1.82) is 0 Å². The molecule has 0 aliphatic carbocycles. The number of nitrogens with zero attached hydrogens (tertiary/aromatic N) is 2. The van der Waals surface area contributed by atoms with Crippen LogP contribution in [0.4, 0.5) is 5.69 Å². The summed E-state index contributed by atoms with van der Waals surface area (Å²) in [6.45, 7) is 3.91. The lowest BCUT2D eigenvalue weighted by Crippen LogP contribution is -2.56. The number of hydrogen-bond donors (Lipinski definition) is 2. The van der Waals surface area contributed by atoms with Crippen molar-refractivity contribution in [2.75, 3.05) is 24.6 Å². The average molecular weight is 662 g/mol. The smallest absolute Gasteiger partial charge is 0.313 e. The molecule has 11 heteroatoms. The number of halogens is 1. The number of anilines is 1. The molecule has 2 N–H and O–H groups in total. The van der Waals surface area contributed by atoms with Crippen LogP contribution in [0.3, 0.4) is 0 Å². The van der Waals surface area contributed by atoms with Crippen LogP contribution in [-0.4, -0.2) is 77.2 Å². The lowest BCUT2D eigenvalue weighted by Gasteiger charge is -2.36. The number of ether oxygens (including phenoxy) is 2. The normalized spacial score (nSPS) is 31.6. The third-order valence-electron chi connectivity index (χ3n) is 9.62. The maximum absolute atomic E-state index is 14.9. The predicted molar refractivity (Wildman–Crippen MR) is 175 cm³/mol. The fraction of sp³-hybridized carbons (Fsp3) is 0.444. The van der Waals surface area contributed by atoms with Gasteiger partial charge in [-0.15, -0.1) is 0 Å². The second-order valence-corrected chi connectivity index (χ2v) is 13.1. The Morgan fingerprint density at radius 1 is 1.02 bits per heavy atom. The molecule has 6 rings (SSSR count). The number of para-hydroxylation sites is 1. The zero-order valence-corrected chi connectivity index (χ0v) is 27.3. The second kappa shape index (κ2) is 13.6. The number of aliphatic hydroxyl groups excluding tert-OH is 1. The predicted octanol–water partition coefficient (Wildman–Crippen LogP) is 4.04. The Labute approximate surface area is 279 Å². The van der Waals surface area contributed by atoms with Gasteiger partial charge in [-0.2, -0.15) is 0 Å². The number of nitrogens with one attached hydrogen (secondary N) is 1. The van der Waals surface area contributed by atoms with E-state index in [9.17, 15) is 24.3 Å². The molecule has 0 radical (unpaired) electrons. The first-order valence-corrected chi connectivity index (χ1v) is 16.6. The number of carbonyl (C=O) groups is 4. The molecule has 4 aliphatic heterocycles. The standard InChI is InChI=1S/C36H40ClN3O7/c1-22-12-11-15-25(37)30(22)39-19-8-4-7-16-27(42)38-23(2)31(24-13-5-3-6-14-24)46-35(45)28-26-17-18-36(47-26)29(28)33(43)40(20-9-10-21-41)32(36)34(39)44/h3-6,8,11-15,17-18,23,26,28-29,31-32,41H,7,9-10,16,19-21H2,1-2H3,(H,38,42)/b8-4-/t23-,26+,28-,29-,31+,32+,36-/m1/s1. The van der Waals surface area contributed by atoms with E-state index in [0.29, 0.717) is 35.5 Å². The molecule has 1 spiro atoms. The number of unbranched alkanes of at least 4 members (excludes halogenated alkanes) is 1. The zero-order valence-electron chi connectivity index (χ0n) is 26.5. The Kier molecular flexibility index (Phi) is 9.55. The number of fused-ring (bicyclic) bond motifs is 2. The van der Waals surface area contributed by atoms with Gasteiger partial charge in [0.2, 0.25) is 11.8 Å². The third-order valence-corrected chi connectivity index (χ3v) is 9.92. The van der Waals surface area contributed by atoms with Crippen LogP contribution >= 0.6 is 11.6 Å². The minimum absolute atomic E-state index is 0.0615. The number of aryl methyl sites for hydroxylation is 1. The van der Waals surface area contributed by atoms with Gasteiger partial charge in [-0.05, 0) is 50.3 Å². The van der Waals surface area contributed by atoms with Crippen LogP contribution in [0.25, 0.3) is 0 Å². The van der Waals surface area contributed by atoms with Gasteiger partial charge in [-0.1, -0.05) is 78.4 Å². The van der Waals surface area contributed by atoms with Crippen LogP contribution < -0.4 is 10.2 Å². The van der Waals surface area contributed by atoms with Crippen LogP contribution in [0.2, 0.25) is 5.02 Å². The zero-order chi connectivity index (χ0) is 33.3. The van der Waals surface area contributed by atoms with Gasteiger partial charge in [0.25, 0.3) is 5.91 Å². The highest BCUT2D eigenvalue weighted by Gasteiger charge is 2.73. The van der Waals surface area contributed by atoms with Gasteiger partial charge in [0.1, 0.15) is 23.7 Å². The highest BCUT2D eigenvalue weighted by atomic mass is 35.5. The van der Waals surface area contributed by atoms with Crippen molar-refractivity contribution in [3.05, 3.63) is 89.0 Å². The fourth-order valence-corrected chi connectivity index (χ4v) is 7.80. The quantitative estimate of drug-likeness (QED) is 0.272. The van der Waals surface area contributed by atoms with E-state index in [1.165, 1.54) is 4.90 Å². The van der Waals surface area contributed by atoms with E-state index in [4.69, 9.17) is 21.1 Å². The molecular formula is C36H40ClN3O7. The summed E-state index contributed by atoms with van der Waals surface area (Å²) >= 11 is 6.71. The number of rotatable bonds is 6. The summed E-state index contributed by atoms with van der Waals surface area (Å²) in [5, 5.41) is 12.9. The van der Waals surface area contributed by atoms with Gasteiger partial charge < -0.3 is 29.7 Å². The van der Waals surface area contributed by atoms with E-state index in [-0.39, 0.29) is 37.9 Å². The number of likely N-dealkylation sites (tertiary alicyclic amines) is 1. The Morgan fingerprint density at radius 2 is 1.81 bits per heavy atom. The number of aliphatic hydroxyl groups is 1. The maximum Gasteiger partial charge on any atom is 0.313 e. The monoisotopic (exact) mass is 661 g/mol. The van der Waals surface area contributed by atoms with Crippen LogP contribution in [0.1, 0.15) is 49.8 Å². The highest BCUT2D eigenvalue weighted by Crippen LogP contribution is 2.56. The molecular weight excluding hydrogens is 622 g/mol. The van der Waals surface area contributed by atoms with Crippen LogP contribution in [-0.2, 0) is 28.7 Å². The van der Waals surface area contributed by atoms with E-state index in [2.05, 4.69) is 5.32 Å². The van der Waals surface area contributed by atoms with Crippen molar-refractivity contribution in [3.63, 3.8) is 0 Å². The number of cyclic esters (lactones) is 1. The first-order valence-electron chi connectivity index (χ1n) is 16.2. The largest absolute Gasteiger partial charge is 0.455 e. The molecule has 4 heterocycles. The van der Waals surface area contributed by atoms with E-state index < -0.39 is 53.6 Å². The number of carbonyl (C=O) groups excluding carboxylic acids is 4. The first-order chi connectivity index (χ1) is 22.7. The Balaban J connectivity index is 1.46. The number of esters is 1. The third kappa shape index (κ3) is 5.98. The van der Waals surface area contributed by atoms with Gasteiger partial charge in [-0.3, -0.25) is 19.2 Å². The average Bonchev–Trinajstić information content (AvgIpc) is 3.69. The van der Waals surface area contributed by atoms with Gasteiger partial charge in [0.15, 0.2) is 0 Å².